The first-order valence-corrected chi connectivity index (χ1v) is 39.6. The Morgan fingerprint density at radius 3 is 0.951 bits per heavy atom. The summed E-state index contributed by atoms with van der Waals surface area (Å²) in [6, 6.07) is 20.0. The Hall–Kier alpha value is -2.06. The van der Waals surface area contributed by atoms with Crippen molar-refractivity contribution in [2.45, 2.75) is 324 Å². The molecule has 0 radical (unpaired) electrons. The molecule has 6 heterocycles. The maximum absolute atomic E-state index is 2.66. The summed E-state index contributed by atoms with van der Waals surface area (Å²) in [5.74, 6) is 0. The van der Waals surface area contributed by atoms with Crippen molar-refractivity contribution in [1.29, 1.82) is 0 Å². The predicted molar refractivity (Wildman–Crippen MR) is 382 cm³/mol. The fourth-order valence-electron chi connectivity index (χ4n) is 12.3. The van der Waals surface area contributed by atoms with Crippen molar-refractivity contribution < 1.29 is 0 Å². The van der Waals surface area contributed by atoms with Crippen LogP contribution in [0.1, 0.15) is 326 Å². The molecule has 0 nitrogen and oxygen atoms in total. The third-order valence-electron chi connectivity index (χ3n) is 17.3. The van der Waals surface area contributed by atoms with Gasteiger partial charge >= 0.3 is 0 Å². The Morgan fingerprint density at radius 1 is 0.256 bits per heavy atom. The first kappa shape index (κ1) is 69.0. The lowest BCUT2D eigenvalue weighted by atomic mass is 10.0. The largest absolute Gasteiger partial charge is 0.141 e. The van der Waals surface area contributed by atoms with E-state index in [9.17, 15) is 0 Å². The fourth-order valence-corrected chi connectivity index (χ4v) is 19.2. The van der Waals surface area contributed by atoms with Crippen molar-refractivity contribution in [2.24, 2.45) is 0 Å². The van der Waals surface area contributed by atoms with Crippen LogP contribution in [-0.2, 0) is 25.7 Å². The van der Waals surface area contributed by atoms with E-state index in [0.29, 0.717) is 0 Å². The number of thiophene rings is 6. The second-order valence-corrected chi connectivity index (χ2v) is 31.6. The first-order valence-electron chi connectivity index (χ1n) is 34.7. The van der Waals surface area contributed by atoms with Gasteiger partial charge in [-0.05, 0) is 148 Å². The lowest BCUT2D eigenvalue weighted by Gasteiger charge is -2.04. The third-order valence-corrected chi connectivity index (χ3v) is 24.7. The molecule has 82 heavy (non-hydrogen) atoms. The average Bonchev–Trinajstić information content (AvgIpc) is 4.57. The molecule has 0 unspecified atom stereocenters. The van der Waals surface area contributed by atoms with Gasteiger partial charge in [-0.25, -0.2) is 0 Å². The molecule has 0 N–H and O–H groups in total. The molecule has 6 aromatic heterocycles. The van der Waals surface area contributed by atoms with Gasteiger partial charge in [0.2, 0.25) is 0 Å². The molecule has 0 atom stereocenters. The average molecular weight is 1220 g/mol. The SMILES string of the molecule is CCCCCCCCCCCCc1cc(/C=C/c2cc(CCCCCCCCCCCC)c(-c3cc(CCCCCCCCCCCC)c(-c4ccc(-c5ccc(-c6sc(C)cc6CCCCCCCCCCCC)s5)s4)s3)s2)sc1C. The van der Waals surface area contributed by atoms with Crippen molar-refractivity contribution in [3.05, 3.63) is 90.3 Å². The van der Waals surface area contributed by atoms with E-state index in [4.69, 9.17) is 0 Å². The van der Waals surface area contributed by atoms with Crippen molar-refractivity contribution >= 4 is 80.2 Å². The summed E-state index contributed by atoms with van der Waals surface area (Å²) in [5, 5.41) is 0. The topological polar surface area (TPSA) is 0 Å². The van der Waals surface area contributed by atoms with Gasteiger partial charge in [-0.3, -0.25) is 0 Å². The number of aryl methyl sites for hydroxylation is 6. The van der Waals surface area contributed by atoms with Crippen LogP contribution < -0.4 is 0 Å². The van der Waals surface area contributed by atoms with Gasteiger partial charge < -0.3 is 0 Å². The zero-order chi connectivity index (χ0) is 57.7. The molecule has 6 aromatic rings. The molecule has 0 spiro atoms. The van der Waals surface area contributed by atoms with Gasteiger partial charge in [0, 0.05) is 58.5 Å². The van der Waals surface area contributed by atoms with Gasteiger partial charge in [0.05, 0.1) is 0 Å². The molecule has 0 bridgehead atoms. The van der Waals surface area contributed by atoms with Gasteiger partial charge in [0.1, 0.15) is 0 Å². The Balaban J connectivity index is 1.16. The summed E-state index contributed by atoms with van der Waals surface area (Å²) in [6.07, 6.45) is 65.4. The van der Waals surface area contributed by atoms with Crippen molar-refractivity contribution in [2.75, 3.05) is 0 Å². The molecule has 0 saturated heterocycles. The number of rotatable bonds is 50. The van der Waals surface area contributed by atoms with Crippen LogP contribution in [0.25, 0.3) is 51.2 Å². The van der Waals surface area contributed by atoms with E-state index >= 15 is 0 Å². The van der Waals surface area contributed by atoms with Crippen LogP contribution in [-0.4, -0.2) is 0 Å². The summed E-state index contributed by atoms with van der Waals surface area (Å²) in [4.78, 5) is 17.7. The number of unbranched alkanes of at least 4 members (excludes halogenated alkanes) is 36. The van der Waals surface area contributed by atoms with Crippen LogP contribution in [0, 0.1) is 13.8 Å². The van der Waals surface area contributed by atoms with E-state index < -0.39 is 0 Å². The van der Waals surface area contributed by atoms with E-state index in [1.165, 1.54) is 336 Å². The molecule has 6 heteroatoms. The highest BCUT2D eigenvalue weighted by Crippen LogP contribution is 2.49. The number of hydrogen-bond acceptors (Lipinski definition) is 6. The van der Waals surface area contributed by atoms with Gasteiger partial charge in [-0.2, -0.15) is 0 Å². The minimum absolute atomic E-state index is 1.18. The van der Waals surface area contributed by atoms with Gasteiger partial charge in [0.15, 0.2) is 0 Å². The fraction of sp³-hybridized carbons (Fsp3) is 0.658. The maximum Gasteiger partial charge on any atom is 0.0481 e. The van der Waals surface area contributed by atoms with E-state index in [2.05, 4.69) is 125 Å². The van der Waals surface area contributed by atoms with Crippen LogP contribution in [0.4, 0.5) is 0 Å². The summed E-state index contributed by atoms with van der Waals surface area (Å²) in [7, 11) is 0. The molecule has 0 amide bonds. The summed E-state index contributed by atoms with van der Waals surface area (Å²) in [6.45, 7) is 14.0. The highest BCUT2D eigenvalue weighted by molar-refractivity contribution is 7.30. The monoisotopic (exact) mass is 1220 g/mol. The van der Waals surface area contributed by atoms with Crippen molar-refractivity contribution in [3.8, 4) is 39.0 Å². The van der Waals surface area contributed by atoms with Crippen LogP contribution >= 0.6 is 68.0 Å². The Kier molecular flexibility index (Phi) is 36.0. The number of hydrogen-bond donors (Lipinski definition) is 0. The summed E-state index contributed by atoms with van der Waals surface area (Å²) < 4.78 is 0. The lowest BCUT2D eigenvalue weighted by molar-refractivity contribution is 0.556. The van der Waals surface area contributed by atoms with Crippen LogP contribution in [0.3, 0.4) is 0 Å². The molecular weight excluding hydrogens is 1110 g/mol. The van der Waals surface area contributed by atoms with Crippen molar-refractivity contribution in [3.63, 3.8) is 0 Å². The molecular formula is C76H116S6. The molecule has 0 aliphatic heterocycles. The molecule has 0 fully saturated rings. The normalized spacial score (nSPS) is 11.9. The minimum atomic E-state index is 1.18. The van der Waals surface area contributed by atoms with E-state index in [-0.39, 0.29) is 0 Å². The van der Waals surface area contributed by atoms with E-state index in [1.54, 1.807) is 27.1 Å². The van der Waals surface area contributed by atoms with Crippen LogP contribution in [0.2, 0.25) is 0 Å². The van der Waals surface area contributed by atoms with E-state index in [1.807, 2.05) is 45.3 Å². The zero-order valence-corrected chi connectivity index (χ0v) is 58.2. The third kappa shape index (κ3) is 26.1. The molecule has 0 aromatic carbocycles. The summed E-state index contributed by atoms with van der Waals surface area (Å²) >= 11 is 12.3. The minimum Gasteiger partial charge on any atom is -0.141 e. The molecule has 0 aliphatic carbocycles. The van der Waals surface area contributed by atoms with Crippen LogP contribution in [0.15, 0.2) is 48.5 Å². The standard InChI is InChI=1S/C76H116S6/c1-7-11-15-19-23-27-31-35-39-43-47-63-58-67(78-62(63)6)51-52-68-59-65(49-45-41-37-33-29-25-21-17-13-9-3)76(79-68)73-60-66(50-46-42-38-34-30-26-22-18-14-10-4)75(82-73)72-56-54-70(81-72)69-53-55-71(80-69)74-64(57-61(5)77-74)48-44-40-36-32-28-24-20-16-12-8-2/h51-60H,7-50H2,1-6H3/b52-51+. The second-order valence-electron chi connectivity index (χ2n) is 24.8. The molecule has 0 saturated carbocycles. The zero-order valence-electron chi connectivity index (χ0n) is 53.3. The highest BCUT2D eigenvalue weighted by Gasteiger charge is 2.20. The lowest BCUT2D eigenvalue weighted by Crippen LogP contribution is -1.87. The van der Waals surface area contributed by atoms with E-state index in [0.717, 1.165) is 0 Å². The van der Waals surface area contributed by atoms with Crippen molar-refractivity contribution in [1.82, 2.24) is 0 Å². The summed E-state index contributed by atoms with van der Waals surface area (Å²) in [5.41, 5.74) is 6.33. The molecule has 6 rings (SSSR count). The molecule has 0 aliphatic rings. The van der Waals surface area contributed by atoms with Gasteiger partial charge in [0.25, 0.3) is 0 Å². The molecule has 456 valence electrons. The van der Waals surface area contributed by atoms with Gasteiger partial charge in [-0.1, -0.05) is 259 Å². The van der Waals surface area contributed by atoms with Crippen LogP contribution in [0.5, 0.6) is 0 Å². The Morgan fingerprint density at radius 2 is 0.549 bits per heavy atom. The quantitative estimate of drug-likeness (QED) is 0.0334. The smallest absolute Gasteiger partial charge is 0.0481 e. The predicted octanol–water partition coefficient (Wildman–Crippen LogP) is 29.4. The maximum atomic E-state index is 2.66. The van der Waals surface area contributed by atoms with Gasteiger partial charge in [-0.15, -0.1) is 68.0 Å². The Bertz CT molecular complexity index is 2560. The highest BCUT2D eigenvalue weighted by atomic mass is 32.1. The first-order chi connectivity index (χ1) is 40.4. The Labute approximate surface area is 529 Å². The second kappa shape index (κ2) is 42.7.